The van der Waals surface area contributed by atoms with Crippen LogP contribution in [0.15, 0.2) is 10.7 Å². The number of nitrogens with zero attached hydrogens (tertiary/aromatic N) is 2. The highest BCUT2D eigenvalue weighted by Gasteiger charge is 2.36. The third-order valence-electron chi connectivity index (χ3n) is 3.83. The number of aryl methyl sites for hydroxylation is 1. The van der Waals surface area contributed by atoms with E-state index >= 15 is 0 Å². The van der Waals surface area contributed by atoms with Crippen LogP contribution in [0.3, 0.4) is 0 Å². The standard InChI is InChI=1S/C13H23BrN4O/c1-3-6-18-13(10(14)8-16-18)12(17-15)9-5-7-19-11(9)4-2/h8-9,11-12,17H,3-7,15H2,1-2H3. The molecular weight excluding hydrogens is 308 g/mol. The molecule has 3 atom stereocenters. The summed E-state index contributed by atoms with van der Waals surface area (Å²) in [6.45, 7) is 6.04. The second kappa shape index (κ2) is 6.83. The van der Waals surface area contributed by atoms with Crippen molar-refractivity contribution in [3.8, 4) is 0 Å². The summed E-state index contributed by atoms with van der Waals surface area (Å²) in [6, 6.07) is 0.0795. The molecule has 1 aliphatic heterocycles. The number of nitrogens with two attached hydrogens (primary N) is 1. The lowest BCUT2D eigenvalue weighted by molar-refractivity contribution is 0.0763. The second-order valence-electron chi connectivity index (χ2n) is 5.02. The number of halogens is 1. The Morgan fingerprint density at radius 3 is 3.05 bits per heavy atom. The SMILES string of the molecule is CCCn1ncc(Br)c1C(NN)C1CCOC1CC. The monoisotopic (exact) mass is 330 g/mol. The largest absolute Gasteiger partial charge is 0.378 e. The van der Waals surface area contributed by atoms with Crippen molar-refractivity contribution >= 4 is 15.9 Å². The van der Waals surface area contributed by atoms with E-state index in [9.17, 15) is 0 Å². The Kier molecular flexibility index (Phi) is 5.38. The summed E-state index contributed by atoms with van der Waals surface area (Å²) >= 11 is 3.60. The number of nitrogens with one attached hydrogen (secondary N) is 1. The van der Waals surface area contributed by atoms with E-state index in [1.54, 1.807) is 0 Å². The molecule has 1 aliphatic rings. The fourth-order valence-corrected chi connectivity index (χ4v) is 3.49. The highest BCUT2D eigenvalue weighted by Crippen LogP contribution is 2.37. The zero-order valence-electron chi connectivity index (χ0n) is 11.6. The molecule has 0 bridgehead atoms. The van der Waals surface area contributed by atoms with Gasteiger partial charge in [0.2, 0.25) is 0 Å². The van der Waals surface area contributed by atoms with Crippen molar-refractivity contribution in [3.63, 3.8) is 0 Å². The van der Waals surface area contributed by atoms with E-state index in [0.717, 1.165) is 42.6 Å². The lowest BCUT2D eigenvalue weighted by atomic mass is 9.89. The molecule has 1 saturated heterocycles. The maximum absolute atomic E-state index is 5.83. The summed E-state index contributed by atoms with van der Waals surface area (Å²) in [5, 5.41) is 4.43. The maximum atomic E-state index is 5.83. The van der Waals surface area contributed by atoms with Gasteiger partial charge in [0.15, 0.2) is 0 Å². The molecule has 108 valence electrons. The van der Waals surface area contributed by atoms with Crippen molar-refractivity contribution in [2.75, 3.05) is 6.61 Å². The molecule has 1 fully saturated rings. The molecule has 0 spiro atoms. The minimum Gasteiger partial charge on any atom is -0.378 e. The highest BCUT2D eigenvalue weighted by molar-refractivity contribution is 9.10. The molecule has 6 heteroatoms. The van der Waals surface area contributed by atoms with Gasteiger partial charge in [-0.3, -0.25) is 16.0 Å². The Bertz CT molecular complexity index is 409. The van der Waals surface area contributed by atoms with Crippen LogP contribution >= 0.6 is 15.9 Å². The zero-order valence-corrected chi connectivity index (χ0v) is 13.2. The molecule has 2 heterocycles. The van der Waals surface area contributed by atoms with Crippen LogP contribution in [0.25, 0.3) is 0 Å². The van der Waals surface area contributed by atoms with E-state index in [-0.39, 0.29) is 12.1 Å². The Balaban J connectivity index is 2.28. The molecular formula is C13H23BrN4O. The number of ether oxygens (including phenoxy) is 1. The summed E-state index contributed by atoms with van der Waals surface area (Å²) in [7, 11) is 0. The first kappa shape index (κ1) is 15.0. The Morgan fingerprint density at radius 1 is 1.63 bits per heavy atom. The third-order valence-corrected chi connectivity index (χ3v) is 4.44. The molecule has 0 radical (unpaired) electrons. The van der Waals surface area contributed by atoms with Crippen molar-refractivity contribution < 1.29 is 4.74 Å². The van der Waals surface area contributed by atoms with Gasteiger partial charge in [-0.15, -0.1) is 0 Å². The number of hydrogen-bond donors (Lipinski definition) is 2. The van der Waals surface area contributed by atoms with Gasteiger partial charge in [-0.1, -0.05) is 13.8 Å². The molecule has 3 N–H and O–H groups in total. The molecule has 2 rings (SSSR count). The summed E-state index contributed by atoms with van der Waals surface area (Å²) < 4.78 is 8.86. The molecule has 1 aromatic heterocycles. The van der Waals surface area contributed by atoms with E-state index in [4.69, 9.17) is 10.6 Å². The van der Waals surface area contributed by atoms with Gasteiger partial charge in [0.05, 0.1) is 28.5 Å². The van der Waals surface area contributed by atoms with Gasteiger partial charge >= 0.3 is 0 Å². The van der Waals surface area contributed by atoms with Crippen molar-refractivity contribution in [1.29, 1.82) is 0 Å². The summed E-state index contributed by atoms with van der Waals surface area (Å²) in [5.41, 5.74) is 4.12. The Hall–Kier alpha value is -0.430. The highest BCUT2D eigenvalue weighted by atomic mass is 79.9. The number of hydrogen-bond acceptors (Lipinski definition) is 4. The van der Waals surface area contributed by atoms with Gasteiger partial charge in [-0.25, -0.2) is 0 Å². The average Bonchev–Trinajstić information content (AvgIpc) is 3.01. The third kappa shape index (κ3) is 3.02. The predicted octanol–water partition coefficient (Wildman–Crippen LogP) is 2.38. The Morgan fingerprint density at radius 2 is 2.42 bits per heavy atom. The lowest BCUT2D eigenvalue weighted by Crippen LogP contribution is -2.38. The minimum absolute atomic E-state index is 0.0795. The molecule has 1 aromatic rings. The van der Waals surface area contributed by atoms with Crippen molar-refractivity contribution in [3.05, 3.63) is 16.4 Å². The number of hydrazine groups is 1. The topological polar surface area (TPSA) is 65.1 Å². The number of rotatable bonds is 6. The summed E-state index contributed by atoms with van der Waals surface area (Å²) in [5.74, 6) is 6.23. The molecule has 5 nitrogen and oxygen atoms in total. The van der Waals surface area contributed by atoms with Gasteiger partial charge in [-0.05, 0) is 35.2 Å². The van der Waals surface area contributed by atoms with Gasteiger partial charge < -0.3 is 4.74 Å². The van der Waals surface area contributed by atoms with Crippen LogP contribution in [0.2, 0.25) is 0 Å². The first-order valence-electron chi connectivity index (χ1n) is 7.01. The minimum atomic E-state index is 0.0795. The number of aromatic nitrogens is 2. The van der Waals surface area contributed by atoms with Gasteiger partial charge in [0.25, 0.3) is 0 Å². The molecule has 0 aromatic carbocycles. The van der Waals surface area contributed by atoms with Crippen LogP contribution in [0.4, 0.5) is 0 Å². The normalized spacial score (nSPS) is 24.8. The Labute approximate surface area is 123 Å². The predicted molar refractivity (Wildman–Crippen MR) is 78.4 cm³/mol. The van der Waals surface area contributed by atoms with E-state index in [1.807, 2.05) is 10.9 Å². The van der Waals surface area contributed by atoms with Crippen LogP contribution in [0, 0.1) is 5.92 Å². The molecule has 3 unspecified atom stereocenters. The van der Waals surface area contributed by atoms with Crippen molar-refractivity contribution in [2.45, 2.75) is 51.8 Å². The van der Waals surface area contributed by atoms with Gasteiger partial charge in [0, 0.05) is 19.1 Å². The first-order valence-corrected chi connectivity index (χ1v) is 7.81. The quantitative estimate of drug-likeness (QED) is 0.620. The van der Waals surface area contributed by atoms with E-state index in [1.165, 1.54) is 0 Å². The lowest BCUT2D eigenvalue weighted by Gasteiger charge is -2.27. The van der Waals surface area contributed by atoms with Crippen molar-refractivity contribution in [2.24, 2.45) is 11.8 Å². The summed E-state index contributed by atoms with van der Waals surface area (Å²) in [6.07, 6.45) is 5.24. The van der Waals surface area contributed by atoms with Crippen LogP contribution in [-0.2, 0) is 11.3 Å². The van der Waals surface area contributed by atoms with E-state index < -0.39 is 0 Å². The van der Waals surface area contributed by atoms with Crippen molar-refractivity contribution in [1.82, 2.24) is 15.2 Å². The van der Waals surface area contributed by atoms with Crippen LogP contribution in [-0.4, -0.2) is 22.5 Å². The zero-order chi connectivity index (χ0) is 13.8. The molecule has 19 heavy (non-hydrogen) atoms. The summed E-state index contributed by atoms with van der Waals surface area (Å²) in [4.78, 5) is 0. The second-order valence-corrected chi connectivity index (χ2v) is 5.87. The molecule has 0 aliphatic carbocycles. The fourth-order valence-electron chi connectivity index (χ4n) is 2.94. The van der Waals surface area contributed by atoms with Crippen LogP contribution < -0.4 is 11.3 Å². The van der Waals surface area contributed by atoms with Crippen LogP contribution in [0.1, 0.15) is 44.8 Å². The fraction of sp³-hybridized carbons (Fsp3) is 0.769. The van der Waals surface area contributed by atoms with Gasteiger partial charge in [-0.2, -0.15) is 5.10 Å². The molecule has 0 saturated carbocycles. The maximum Gasteiger partial charge on any atom is 0.0713 e. The van der Waals surface area contributed by atoms with E-state index in [0.29, 0.717) is 5.92 Å². The van der Waals surface area contributed by atoms with Crippen LogP contribution in [0.5, 0.6) is 0 Å². The van der Waals surface area contributed by atoms with E-state index in [2.05, 4.69) is 40.3 Å². The smallest absolute Gasteiger partial charge is 0.0713 e. The first-order chi connectivity index (χ1) is 9.22. The van der Waals surface area contributed by atoms with Gasteiger partial charge in [0.1, 0.15) is 0 Å². The molecule has 0 amide bonds. The average molecular weight is 331 g/mol.